The second-order valence-corrected chi connectivity index (χ2v) is 5.32. The number of amides is 1. The number of aryl methyl sites for hydroxylation is 1. The average Bonchev–Trinajstić information content (AvgIpc) is 3.08. The van der Waals surface area contributed by atoms with E-state index in [9.17, 15) is 14.7 Å². The number of ether oxygens (including phenoxy) is 1. The number of hydrogen-bond donors (Lipinski definition) is 1. The van der Waals surface area contributed by atoms with Crippen LogP contribution in [0.3, 0.4) is 0 Å². The Morgan fingerprint density at radius 1 is 1.19 bits per heavy atom. The van der Waals surface area contributed by atoms with Crippen LogP contribution in [0.15, 0.2) is 36.4 Å². The van der Waals surface area contributed by atoms with Gasteiger partial charge in [0.15, 0.2) is 0 Å². The topological polar surface area (TPSA) is 78.5 Å². The number of carboxylic acids is 1. The number of hydrogen-bond acceptors (Lipinski definition) is 4. The number of carboxylic acid groups (broad SMARTS) is 1. The van der Waals surface area contributed by atoms with Crippen molar-refractivity contribution in [3.63, 3.8) is 0 Å². The lowest BCUT2D eigenvalue weighted by molar-refractivity contribution is -0.313. The molecule has 1 aromatic rings. The maximum Gasteiger partial charge on any atom is 0.231 e. The molecule has 5 heteroatoms. The SMILES string of the molecule is CCc1ccccc1NC(=O)[C@@H]1[C@@H](C(=O)[O-])[C@@H]2C=C[C@H]1O2. The summed E-state index contributed by atoms with van der Waals surface area (Å²) >= 11 is 0. The minimum absolute atomic E-state index is 0.332. The second-order valence-electron chi connectivity index (χ2n) is 5.32. The van der Waals surface area contributed by atoms with Crippen LogP contribution in [0.4, 0.5) is 5.69 Å². The molecule has 2 heterocycles. The van der Waals surface area contributed by atoms with Crippen molar-refractivity contribution in [3.8, 4) is 0 Å². The van der Waals surface area contributed by atoms with Crippen LogP contribution >= 0.6 is 0 Å². The third-order valence-electron chi connectivity index (χ3n) is 4.13. The molecule has 3 rings (SSSR count). The van der Waals surface area contributed by atoms with E-state index >= 15 is 0 Å². The van der Waals surface area contributed by atoms with Crippen LogP contribution in [0.25, 0.3) is 0 Å². The molecular formula is C16H16NO4-. The van der Waals surface area contributed by atoms with Gasteiger partial charge < -0.3 is 20.0 Å². The van der Waals surface area contributed by atoms with E-state index in [-0.39, 0.29) is 5.91 Å². The van der Waals surface area contributed by atoms with Crippen LogP contribution in [0.2, 0.25) is 0 Å². The van der Waals surface area contributed by atoms with Crippen molar-refractivity contribution in [2.45, 2.75) is 25.6 Å². The quantitative estimate of drug-likeness (QED) is 0.818. The first-order valence-electron chi connectivity index (χ1n) is 7.05. The third kappa shape index (κ3) is 2.34. The van der Waals surface area contributed by atoms with Crippen molar-refractivity contribution < 1.29 is 19.4 Å². The molecular weight excluding hydrogens is 270 g/mol. The molecule has 1 amide bonds. The van der Waals surface area contributed by atoms with Gasteiger partial charge in [0.25, 0.3) is 0 Å². The number of aliphatic carboxylic acids is 1. The molecule has 4 atom stereocenters. The summed E-state index contributed by atoms with van der Waals surface area (Å²) in [5.41, 5.74) is 1.73. The van der Waals surface area contributed by atoms with E-state index in [1.54, 1.807) is 12.2 Å². The molecule has 110 valence electrons. The maximum atomic E-state index is 12.5. The van der Waals surface area contributed by atoms with E-state index in [4.69, 9.17) is 4.74 Å². The van der Waals surface area contributed by atoms with Crippen molar-refractivity contribution in [3.05, 3.63) is 42.0 Å². The molecule has 2 aliphatic heterocycles. The first-order valence-corrected chi connectivity index (χ1v) is 7.05. The van der Waals surface area contributed by atoms with E-state index in [0.29, 0.717) is 5.69 Å². The zero-order chi connectivity index (χ0) is 15.0. The Morgan fingerprint density at radius 3 is 2.52 bits per heavy atom. The number of fused-ring (bicyclic) bond motifs is 2. The molecule has 0 saturated carbocycles. The summed E-state index contributed by atoms with van der Waals surface area (Å²) < 4.78 is 5.48. The molecule has 1 saturated heterocycles. The van der Waals surface area contributed by atoms with Crippen LogP contribution < -0.4 is 10.4 Å². The van der Waals surface area contributed by atoms with Crippen molar-refractivity contribution >= 4 is 17.6 Å². The highest BCUT2D eigenvalue weighted by Crippen LogP contribution is 2.39. The van der Waals surface area contributed by atoms with Crippen molar-refractivity contribution in [1.82, 2.24) is 0 Å². The Balaban J connectivity index is 1.82. The number of benzene rings is 1. The van der Waals surface area contributed by atoms with E-state index in [1.807, 2.05) is 31.2 Å². The Bertz CT molecular complexity index is 610. The molecule has 0 spiro atoms. The molecule has 0 unspecified atom stereocenters. The summed E-state index contributed by atoms with van der Waals surface area (Å²) in [6.45, 7) is 2.00. The summed E-state index contributed by atoms with van der Waals surface area (Å²) in [5.74, 6) is -3.23. The molecule has 0 radical (unpaired) electrons. The summed E-state index contributed by atoms with van der Waals surface area (Å²) in [4.78, 5) is 23.7. The molecule has 1 fully saturated rings. The molecule has 0 aliphatic carbocycles. The molecule has 5 nitrogen and oxygen atoms in total. The molecule has 0 aromatic heterocycles. The van der Waals surface area contributed by atoms with Gasteiger partial charge in [0, 0.05) is 17.6 Å². The van der Waals surface area contributed by atoms with Gasteiger partial charge in [-0.3, -0.25) is 4.79 Å². The Hall–Kier alpha value is -2.14. The van der Waals surface area contributed by atoms with Gasteiger partial charge >= 0.3 is 0 Å². The molecule has 2 bridgehead atoms. The summed E-state index contributed by atoms with van der Waals surface area (Å²) in [5, 5.41) is 14.1. The maximum absolute atomic E-state index is 12.5. The van der Waals surface area contributed by atoms with Gasteiger partial charge in [0.1, 0.15) is 0 Å². The molecule has 1 aromatic carbocycles. The van der Waals surface area contributed by atoms with Gasteiger partial charge in [-0.1, -0.05) is 37.3 Å². The van der Waals surface area contributed by atoms with Crippen LogP contribution in [0, 0.1) is 11.8 Å². The fraction of sp³-hybridized carbons (Fsp3) is 0.375. The summed E-state index contributed by atoms with van der Waals surface area (Å²) in [6.07, 6.45) is 3.19. The van der Waals surface area contributed by atoms with Gasteiger partial charge in [-0.2, -0.15) is 0 Å². The Morgan fingerprint density at radius 2 is 1.86 bits per heavy atom. The number of rotatable bonds is 4. The van der Waals surface area contributed by atoms with Crippen LogP contribution in [0.5, 0.6) is 0 Å². The minimum Gasteiger partial charge on any atom is -0.550 e. The highest BCUT2D eigenvalue weighted by atomic mass is 16.5. The fourth-order valence-corrected chi connectivity index (χ4v) is 3.07. The van der Waals surface area contributed by atoms with Crippen molar-refractivity contribution in [2.24, 2.45) is 11.8 Å². The predicted octanol–water partition coefficient (Wildman–Crippen LogP) is 0.507. The Labute approximate surface area is 122 Å². The zero-order valence-corrected chi connectivity index (χ0v) is 11.6. The second kappa shape index (κ2) is 5.33. The lowest BCUT2D eigenvalue weighted by atomic mass is 9.82. The largest absolute Gasteiger partial charge is 0.550 e. The predicted molar refractivity (Wildman–Crippen MR) is 74.2 cm³/mol. The van der Waals surface area contributed by atoms with Crippen molar-refractivity contribution in [2.75, 3.05) is 5.32 Å². The minimum atomic E-state index is -1.24. The molecule has 2 aliphatic rings. The third-order valence-corrected chi connectivity index (χ3v) is 4.13. The van der Waals surface area contributed by atoms with Crippen molar-refractivity contribution in [1.29, 1.82) is 0 Å². The number of carbonyl (C=O) groups excluding carboxylic acids is 2. The fourth-order valence-electron chi connectivity index (χ4n) is 3.07. The van der Waals surface area contributed by atoms with Gasteiger partial charge in [0.2, 0.25) is 5.91 Å². The van der Waals surface area contributed by atoms with E-state index in [2.05, 4.69) is 5.32 Å². The normalized spacial score (nSPS) is 29.6. The standard InChI is InChI=1S/C16H17NO4/c1-2-9-5-3-4-6-10(9)17-15(18)13-11-7-8-12(21-11)14(13)16(19)20/h3-8,11-14H,2H2,1H3,(H,17,18)(H,19,20)/p-1/t11-,12+,13+,14+/m1/s1. The highest BCUT2D eigenvalue weighted by Gasteiger charge is 2.50. The van der Waals surface area contributed by atoms with Crippen LogP contribution in [-0.2, 0) is 20.7 Å². The van der Waals surface area contributed by atoms with E-state index in [1.165, 1.54) is 0 Å². The summed E-state index contributed by atoms with van der Waals surface area (Å²) in [6, 6.07) is 7.49. The van der Waals surface area contributed by atoms with E-state index < -0.39 is 30.0 Å². The molecule has 21 heavy (non-hydrogen) atoms. The Kier molecular flexibility index (Phi) is 3.51. The monoisotopic (exact) mass is 286 g/mol. The van der Waals surface area contributed by atoms with Crippen LogP contribution in [-0.4, -0.2) is 24.1 Å². The number of nitrogens with one attached hydrogen (secondary N) is 1. The van der Waals surface area contributed by atoms with Gasteiger partial charge in [0.05, 0.1) is 18.1 Å². The van der Waals surface area contributed by atoms with Gasteiger partial charge in [-0.15, -0.1) is 0 Å². The summed E-state index contributed by atoms with van der Waals surface area (Å²) in [7, 11) is 0. The lowest BCUT2D eigenvalue weighted by Crippen LogP contribution is -2.45. The lowest BCUT2D eigenvalue weighted by Gasteiger charge is -2.25. The van der Waals surface area contributed by atoms with Gasteiger partial charge in [-0.25, -0.2) is 0 Å². The number of carbonyl (C=O) groups is 2. The number of para-hydroxylation sites is 1. The van der Waals surface area contributed by atoms with Gasteiger partial charge in [-0.05, 0) is 18.1 Å². The highest BCUT2D eigenvalue weighted by molar-refractivity contribution is 5.97. The smallest absolute Gasteiger partial charge is 0.231 e. The molecule has 1 N–H and O–H groups in total. The average molecular weight is 286 g/mol. The van der Waals surface area contributed by atoms with E-state index in [0.717, 1.165) is 12.0 Å². The first-order chi connectivity index (χ1) is 10.1. The zero-order valence-electron chi connectivity index (χ0n) is 11.6. The van der Waals surface area contributed by atoms with Crippen LogP contribution in [0.1, 0.15) is 12.5 Å². The first kappa shape index (κ1) is 13.8. The number of anilines is 1.